The summed E-state index contributed by atoms with van der Waals surface area (Å²) in [7, 11) is 0. The lowest BCUT2D eigenvalue weighted by Crippen LogP contribution is -2.32. The quantitative estimate of drug-likeness (QED) is 0.837. The van der Waals surface area contributed by atoms with Gasteiger partial charge in [-0.1, -0.05) is 24.3 Å². The molecule has 0 heterocycles. The summed E-state index contributed by atoms with van der Waals surface area (Å²) in [6.45, 7) is 2.40. The monoisotopic (exact) mass is 287 g/mol. The van der Waals surface area contributed by atoms with Gasteiger partial charge in [-0.25, -0.2) is 8.78 Å². The zero-order valence-corrected chi connectivity index (χ0v) is 11.6. The fourth-order valence-electron chi connectivity index (χ4n) is 2.22. The van der Waals surface area contributed by atoms with E-state index in [1.807, 2.05) is 6.92 Å². The van der Waals surface area contributed by atoms with Crippen molar-refractivity contribution in [2.75, 3.05) is 13.2 Å². The maximum Gasteiger partial charge on any atom is 0.130 e. The molecule has 2 rings (SSSR count). The second-order valence-electron chi connectivity index (χ2n) is 4.67. The maximum atomic E-state index is 13.1. The van der Waals surface area contributed by atoms with E-state index < -0.39 is 5.41 Å². The van der Waals surface area contributed by atoms with E-state index >= 15 is 0 Å². The third-order valence-corrected chi connectivity index (χ3v) is 3.39. The zero-order chi connectivity index (χ0) is 15.3. The number of nitriles is 1. The molecule has 2 aromatic rings. The highest BCUT2D eigenvalue weighted by Gasteiger charge is 2.35. The van der Waals surface area contributed by atoms with Crippen molar-refractivity contribution in [2.24, 2.45) is 0 Å². The highest BCUT2D eigenvalue weighted by molar-refractivity contribution is 5.46. The smallest absolute Gasteiger partial charge is 0.130 e. The lowest BCUT2D eigenvalue weighted by atomic mass is 9.76. The zero-order valence-electron chi connectivity index (χ0n) is 11.6. The third kappa shape index (κ3) is 3.09. The fourth-order valence-corrected chi connectivity index (χ4v) is 2.22. The first-order valence-electron chi connectivity index (χ1n) is 6.63. The third-order valence-electron chi connectivity index (χ3n) is 3.39. The number of ether oxygens (including phenoxy) is 1. The number of hydrogen-bond donors (Lipinski definition) is 0. The molecule has 2 nitrogen and oxygen atoms in total. The Bertz CT molecular complexity index is 584. The molecule has 0 N–H and O–H groups in total. The van der Waals surface area contributed by atoms with Gasteiger partial charge in [0.05, 0.1) is 12.7 Å². The van der Waals surface area contributed by atoms with Crippen LogP contribution in [0.25, 0.3) is 0 Å². The molecule has 0 aliphatic rings. The number of hydrogen-bond acceptors (Lipinski definition) is 2. The average molecular weight is 287 g/mol. The Kier molecular flexibility index (Phi) is 4.66. The van der Waals surface area contributed by atoms with E-state index in [9.17, 15) is 14.0 Å². The molecule has 0 amide bonds. The summed E-state index contributed by atoms with van der Waals surface area (Å²) < 4.78 is 31.7. The van der Waals surface area contributed by atoms with Gasteiger partial charge in [-0.15, -0.1) is 0 Å². The van der Waals surface area contributed by atoms with Gasteiger partial charge in [0.2, 0.25) is 0 Å². The first-order chi connectivity index (χ1) is 10.1. The van der Waals surface area contributed by atoms with E-state index in [1.165, 1.54) is 24.3 Å². The molecule has 21 heavy (non-hydrogen) atoms. The van der Waals surface area contributed by atoms with Crippen molar-refractivity contribution in [3.8, 4) is 6.07 Å². The van der Waals surface area contributed by atoms with Gasteiger partial charge in [0, 0.05) is 6.61 Å². The molecule has 0 aliphatic heterocycles. The molecule has 0 atom stereocenters. The van der Waals surface area contributed by atoms with Gasteiger partial charge in [-0.3, -0.25) is 0 Å². The van der Waals surface area contributed by atoms with Crippen LogP contribution in [0.3, 0.4) is 0 Å². The molecule has 0 radical (unpaired) electrons. The van der Waals surface area contributed by atoms with Crippen LogP contribution in [0.15, 0.2) is 48.5 Å². The molecule has 0 bridgehead atoms. The topological polar surface area (TPSA) is 33.0 Å². The van der Waals surface area contributed by atoms with Crippen LogP contribution in [-0.2, 0) is 10.2 Å². The van der Waals surface area contributed by atoms with Crippen molar-refractivity contribution < 1.29 is 13.5 Å². The van der Waals surface area contributed by atoms with E-state index in [0.717, 1.165) is 0 Å². The summed E-state index contributed by atoms with van der Waals surface area (Å²) in [5.74, 6) is -0.748. The Morgan fingerprint density at radius 2 is 1.38 bits per heavy atom. The lowest BCUT2D eigenvalue weighted by molar-refractivity contribution is 0.123. The standard InChI is InChI=1S/C17H15F2NO/c1-2-21-12-17(11-20,13-3-7-15(18)8-4-13)14-5-9-16(19)10-6-14/h3-10H,2,12H2,1H3. The van der Waals surface area contributed by atoms with Gasteiger partial charge in [0.1, 0.15) is 17.0 Å². The van der Waals surface area contributed by atoms with Crippen molar-refractivity contribution in [1.82, 2.24) is 0 Å². The average Bonchev–Trinajstić information content (AvgIpc) is 2.51. The first kappa shape index (κ1) is 15.1. The van der Waals surface area contributed by atoms with E-state index in [4.69, 9.17) is 4.74 Å². The predicted octanol–water partition coefficient (Wildman–Crippen LogP) is 3.81. The van der Waals surface area contributed by atoms with Crippen LogP contribution in [0.5, 0.6) is 0 Å². The van der Waals surface area contributed by atoms with E-state index in [0.29, 0.717) is 17.7 Å². The van der Waals surface area contributed by atoms with Crippen LogP contribution >= 0.6 is 0 Å². The molecule has 0 saturated heterocycles. The van der Waals surface area contributed by atoms with Crippen LogP contribution in [-0.4, -0.2) is 13.2 Å². The Labute approximate surface area is 122 Å². The normalized spacial score (nSPS) is 11.1. The Hall–Kier alpha value is -2.25. The fraction of sp³-hybridized carbons (Fsp3) is 0.235. The molecular formula is C17H15F2NO. The lowest BCUT2D eigenvalue weighted by Gasteiger charge is -2.27. The Morgan fingerprint density at radius 1 is 0.952 bits per heavy atom. The van der Waals surface area contributed by atoms with Crippen LogP contribution < -0.4 is 0 Å². The second kappa shape index (κ2) is 6.47. The largest absolute Gasteiger partial charge is 0.379 e. The van der Waals surface area contributed by atoms with Crippen LogP contribution in [0.1, 0.15) is 18.1 Å². The summed E-state index contributed by atoms with van der Waals surface area (Å²) in [6, 6.07) is 13.7. The van der Waals surface area contributed by atoms with Gasteiger partial charge < -0.3 is 4.74 Å². The summed E-state index contributed by atoms with van der Waals surface area (Å²) in [5, 5.41) is 9.73. The Balaban J connectivity index is 2.55. The molecular weight excluding hydrogens is 272 g/mol. The minimum atomic E-state index is -1.09. The van der Waals surface area contributed by atoms with Crippen molar-refractivity contribution >= 4 is 0 Å². The van der Waals surface area contributed by atoms with E-state index in [1.54, 1.807) is 24.3 Å². The molecule has 0 aromatic heterocycles. The summed E-state index contributed by atoms with van der Waals surface area (Å²) >= 11 is 0. The molecule has 0 fully saturated rings. The van der Waals surface area contributed by atoms with Crippen LogP contribution in [0.2, 0.25) is 0 Å². The van der Waals surface area contributed by atoms with Gasteiger partial charge in [-0.05, 0) is 42.3 Å². The number of benzene rings is 2. The van der Waals surface area contributed by atoms with Crippen LogP contribution in [0, 0.1) is 23.0 Å². The highest BCUT2D eigenvalue weighted by Crippen LogP contribution is 2.32. The minimum absolute atomic E-state index is 0.122. The number of rotatable bonds is 5. The van der Waals surface area contributed by atoms with Crippen molar-refractivity contribution in [3.63, 3.8) is 0 Å². The van der Waals surface area contributed by atoms with E-state index in [2.05, 4.69) is 6.07 Å². The molecule has 0 aliphatic carbocycles. The maximum absolute atomic E-state index is 13.1. The second-order valence-corrected chi connectivity index (χ2v) is 4.67. The first-order valence-corrected chi connectivity index (χ1v) is 6.63. The summed E-state index contributed by atoms with van der Waals surface area (Å²) in [5.41, 5.74) is 0.148. The molecule has 0 saturated carbocycles. The molecule has 0 unspecified atom stereocenters. The minimum Gasteiger partial charge on any atom is -0.379 e. The van der Waals surface area contributed by atoms with Gasteiger partial charge >= 0.3 is 0 Å². The number of halogens is 2. The number of nitrogens with zero attached hydrogens (tertiary/aromatic N) is 1. The van der Waals surface area contributed by atoms with E-state index in [-0.39, 0.29) is 18.2 Å². The predicted molar refractivity (Wildman–Crippen MR) is 75.7 cm³/mol. The SMILES string of the molecule is CCOCC(C#N)(c1ccc(F)cc1)c1ccc(F)cc1. The van der Waals surface area contributed by atoms with Crippen molar-refractivity contribution in [3.05, 3.63) is 71.3 Å². The van der Waals surface area contributed by atoms with Crippen molar-refractivity contribution in [1.29, 1.82) is 5.26 Å². The highest BCUT2D eigenvalue weighted by atomic mass is 19.1. The summed E-state index contributed by atoms with van der Waals surface area (Å²) in [6.07, 6.45) is 0. The van der Waals surface area contributed by atoms with Gasteiger partial charge in [0.15, 0.2) is 0 Å². The van der Waals surface area contributed by atoms with Crippen LogP contribution in [0.4, 0.5) is 8.78 Å². The van der Waals surface area contributed by atoms with Crippen molar-refractivity contribution in [2.45, 2.75) is 12.3 Å². The molecule has 2 aromatic carbocycles. The summed E-state index contributed by atoms with van der Waals surface area (Å²) in [4.78, 5) is 0. The molecule has 0 spiro atoms. The van der Waals surface area contributed by atoms with Gasteiger partial charge in [0.25, 0.3) is 0 Å². The van der Waals surface area contributed by atoms with Gasteiger partial charge in [-0.2, -0.15) is 5.26 Å². The Morgan fingerprint density at radius 3 is 1.71 bits per heavy atom. The molecule has 108 valence electrons. The molecule has 4 heteroatoms.